The Labute approximate surface area is 179 Å². The molecule has 0 fully saturated rings. The Morgan fingerprint density at radius 2 is 0.967 bits per heavy atom. The van der Waals surface area contributed by atoms with Gasteiger partial charge in [0, 0.05) is 37.1 Å². The summed E-state index contributed by atoms with van der Waals surface area (Å²) in [5, 5.41) is 5.44. The number of rotatable bonds is 14. The highest BCUT2D eigenvalue weighted by atomic mass is 16.2. The Balaban J connectivity index is 0. The van der Waals surface area contributed by atoms with Crippen molar-refractivity contribution in [3.05, 3.63) is 24.3 Å². The van der Waals surface area contributed by atoms with Crippen molar-refractivity contribution in [2.45, 2.75) is 65.2 Å². The molecule has 0 rings (SSSR count). The van der Waals surface area contributed by atoms with Crippen LogP contribution in [0.15, 0.2) is 24.3 Å². The number of carbonyl (C=O) groups is 4. The zero-order valence-corrected chi connectivity index (χ0v) is 18.3. The Kier molecular flexibility index (Phi) is 19.3. The van der Waals surface area contributed by atoms with E-state index in [1.165, 1.54) is 0 Å². The fourth-order valence-electron chi connectivity index (χ4n) is 2.02. The van der Waals surface area contributed by atoms with Gasteiger partial charge in [-0.25, -0.2) is 11.7 Å². The van der Waals surface area contributed by atoms with Crippen LogP contribution in [0.1, 0.15) is 65.2 Å². The number of hydrogen-bond donors (Lipinski definition) is 6. The third-order valence-corrected chi connectivity index (χ3v) is 3.83. The van der Waals surface area contributed by atoms with E-state index >= 15 is 0 Å². The monoisotopic (exact) mass is 426 g/mol. The lowest BCUT2D eigenvalue weighted by Crippen LogP contribution is -2.29. The number of carbonyl (C=O) groups excluding carboxylic acids is 4. The molecule has 0 bridgehead atoms. The maximum Gasteiger partial charge on any atom is 0.246 e. The highest BCUT2D eigenvalue weighted by molar-refractivity contribution is 5.92. The molecular formula is C20H38N6O4. The van der Waals surface area contributed by atoms with E-state index in [0.29, 0.717) is 37.1 Å². The summed E-state index contributed by atoms with van der Waals surface area (Å²) in [6.45, 7) is 11.6. The first-order chi connectivity index (χ1) is 14.1. The fraction of sp³-hybridized carbons (Fsp3) is 0.600. The number of nitrogens with two attached hydrogens (primary N) is 2. The molecule has 0 aromatic rings. The second-order valence-electron chi connectivity index (χ2n) is 6.83. The Bertz CT molecular complexity index is 528. The van der Waals surface area contributed by atoms with Gasteiger partial charge in [-0.05, 0) is 39.5 Å². The quantitative estimate of drug-likeness (QED) is 0.0775. The molecule has 0 aliphatic carbocycles. The van der Waals surface area contributed by atoms with Crippen LogP contribution in [0, 0.1) is 0 Å². The summed E-state index contributed by atoms with van der Waals surface area (Å²) in [5.41, 5.74) is 5.16. The molecule has 0 aliphatic rings. The van der Waals surface area contributed by atoms with Crippen LogP contribution in [0.2, 0.25) is 0 Å². The zero-order chi connectivity index (χ0) is 23.4. The van der Waals surface area contributed by atoms with Crippen LogP contribution in [0.25, 0.3) is 0 Å². The van der Waals surface area contributed by atoms with Gasteiger partial charge in [-0.2, -0.15) is 0 Å². The minimum absolute atomic E-state index is 0.116. The summed E-state index contributed by atoms with van der Waals surface area (Å²) in [7, 11) is 0. The summed E-state index contributed by atoms with van der Waals surface area (Å²) in [5.74, 6) is 9.30. The van der Waals surface area contributed by atoms with Crippen molar-refractivity contribution < 1.29 is 19.2 Å². The van der Waals surface area contributed by atoms with Gasteiger partial charge in [-0.15, -0.1) is 0 Å². The third-order valence-electron chi connectivity index (χ3n) is 3.83. The van der Waals surface area contributed by atoms with E-state index in [1.807, 2.05) is 0 Å². The first-order valence-corrected chi connectivity index (χ1v) is 10.0. The standard InChI is InChI=1S/2C10H19N3O2/c2*1-8(2)10(15)12-7-5-3-4-6-9(14)13-11/h2*1,3-7,11H2,2H3,(H,12,15)(H,13,14). The van der Waals surface area contributed by atoms with Crippen molar-refractivity contribution >= 4 is 23.6 Å². The van der Waals surface area contributed by atoms with Gasteiger partial charge in [-0.3, -0.25) is 30.0 Å². The van der Waals surface area contributed by atoms with Crippen LogP contribution in [-0.4, -0.2) is 36.7 Å². The van der Waals surface area contributed by atoms with Crippen molar-refractivity contribution in [2.24, 2.45) is 11.7 Å². The van der Waals surface area contributed by atoms with E-state index in [1.54, 1.807) is 13.8 Å². The Morgan fingerprint density at radius 1 is 0.633 bits per heavy atom. The molecule has 0 aromatic heterocycles. The zero-order valence-electron chi connectivity index (χ0n) is 18.3. The normalized spacial score (nSPS) is 9.47. The van der Waals surface area contributed by atoms with Crippen molar-refractivity contribution in [2.75, 3.05) is 13.1 Å². The lowest BCUT2D eigenvalue weighted by Gasteiger charge is -2.04. The lowest BCUT2D eigenvalue weighted by molar-refractivity contribution is -0.122. The molecule has 8 N–H and O–H groups in total. The molecule has 0 atom stereocenters. The van der Waals surface area contributed by atoms with E-state index < -0.39 is 0 Å². The molecule has 0 saturated carbocycles. The molecule has 0 aliphatic heterocycles. The third kappa shape index (κ3) is 20.0. The van der Waals surface area contributed by atoms with Gasteiger partial charge in [-0.1, -0.05) is 26.0 Å². The molecule has 0 aromatic carbocycles. The van der Waals surface area contributed by atoms with Crippen LogP contribution in [0.3, 0.4) is 0 Å². The van der Waals surface area contributed by atoms with Crippen LogP contribution in [0.4, 0.5) is 0 Å². The molecule has 10 heteroatoms. The summed E-state index contributed by atoms with van der Waals surface area (Å²) >= 11 is 0. The maximum absolute atomic E-state index is 11.0. The predicted octanol–water partition coefficient (Wildman–Crippen LogP) is 0.458. The van der Waals surface area contributed by atoms with Crippen molar-refractivity contribution in [3.63, 3.8) is 0 Å². The number of hydrazine groups is 2. The number of hydrogen-bond acceptors (Lipinski definition) is 6. The molecule has 0 saturated heterocycles. The van der Waals surface area contributed by atoms with Crippen molar-refractivity contribution in [1.29, 1.82) is 0 Å². The lowest BCUT2D eigenvalue weighted by atomic mass is 10.2. The van der Waals surface area contributed by atoms with Gasteiger partial charge in [0.15, 0.2) is 0 Å². The minimum atomic E-state index is -0.152. The number of nitrogens with one attached hydrogen (secondary N) is 4. The van der Waals surface area contributed by atoms with Gasteiger partial charge in [0.05, 0.1) is 0 Å². The van der Waals surface area contributed by atoms with Crippen molar-refractivity contribution in [3.8, 4) is 0 Å². The SMILES string of the molecule is C=C(C)C(=O)NCCCCCC(=O)NN.C=C(C)C(=O)NCCCCCC(=O)NN. The molecule has 172 valence electrons. The highest BCUT2D eigenvalue weighted by Gasteiger charge is 2.01. The van der Waals surface area contributed by atoms with Gasteiger partial charge in [0.25, 0.3) is 0 Å². The summed E-state index contributed by atoms with van der Waals surface area (Å²) in [4.78, 5) is 43.5. The first kappa shape index (κ1) is 29.5. The van der Waals surface area contributed by atoms with E-state index in [-0.39, 0.29) is 23.6 Å². The smallest absolute Gasteiger partial charge is 0.246 e. The molecule has 0 unspecified atom stereocenters. The summed E-state index contributed by atoms with van der Waals surface area (Å²) in [6, 6.07) is 0. The number of unbranched alkanes of at least 4 members (excludes halogenated alkanes) is 4. The topological polar surface area (TPSA) is 168 Å². The average molecular weight is 427 g/mol. The molecule has 4 amide bonds. The van der Waals surface area contributed by atoms with E-state index in [4.69, 9.17) is 11.7 Å². The molecule has 0 heterocycles. The van der Waals surface area contributed by atoms with Gasteiger partial charge >= 0.3 is 0 Å². The molecule has 10 nitrogen and oxygen atoms in total. The molecule has 0 radical (unpaired) electrons. The van der Waals surface area contributed by atoms with Gasteiger partial charge in [0.2, 0.25) is 23.6 Å². The highest BCUT2D eigenvalue weighted by Crippen LogP contribution is 1.99. The average Bonchev–Trinajstić information content (AvgIpc) is 2.72. The van der Waals surface area contributed by atoms with E-state index in [0.717, 1.165) is 38.5 Å². The molecule has 0 spiro atoms. The van der Waals surface area contributed by atoms with Crippen LogP contribution >= 0.6 is 0 Å². The van der Waals surface area contributed by atoms with Crippen LogP contribution < -0.4 is 33.2 Å². The van der Waals surface area contributed by atoms with Crippen molar-refractivity contribution in [1.82, 2.24) is 21.5 Å². The predicted molar refractivity (Wildman–Crippen MR) is 117 cm³/mol. The Hall–Kier alpha value is -2.72. The fourth-order valence-corrected chi connectivity index (χ4v) is 2.02. The molecule has 30 heavy (non-hydrogen) atoms. The van der Waals surface area contributed by atoms with Gasteiger partial charge in [0.1, 0.15) is 0 Å². The Morgan fingerprint density at radius 3 is 1.23 bits per heavy atom. The molecular weight excluding hydrogens is 388 g/mol. The first-order valence-electron chi connectivity index (χ1n) is 10.0. The second kappa shape index (κ2) is 19.6. The van der Waals surface area contributed by atoms with E-state index in [9.17, 15) is 19.2 Å². The van der Waals surface area contributed by atoms with Crippen LogP contribution in [-0.2, 0) is 19.2 Å². The van der Waals surface area contributed by atoms with Crippen LogP contribution in [0.5, 0.6) is 0 Å². The largest absolute Gasteiger partial charge is 0.352 e. The van der Waals surface area contributed by atoms with Gasteiger partial charge < -0.3 is 10.6 Å². The summed E-state index contributed by atoms with van der Waals surface area (Å²) in [6.07, 6.45) is 5.94. The summed E-state index contributed by atoms with van der Waals surface area (Å²) < 4.78 is 0. The van der Waals surface area contributed by atoms with E-state index in [2.05, 4.69) is 34.6 Å². The number of amides is 4. The maximum atomic E-state index is 11.0. The second-order valence-corrected chi connectivity index (χ2v) is 6.83. The minimum Gasteiger partial charge on any atom is -0.352 e.